The van der Waals surface area contributed by atoms with Crippen LogP contribution >= 0.6 is 0 Å². The zero-order valence-corrected chi connectivity index (χ0v) is 13.8. The van der Waals surface area contributed by atoms with Crippen LogP contribution in [0.3, 0.4) is 0 Å². The Morgan fingerprint density at radius 2 is 2.04 bits per heavy atom. The molecule has 3 rings (SSSR count). The summed E-state index contributed by atoms with van der Waals surface area (Å²) in [7, 11) is 0. The number of carbonyl (C=O) groups excluding carboxylic acids is 1. The van der Waals surface area contributed by atoms with Crippen molar-refractivity contribution in [1.29, 1.82) is 0 Å². The number of amides is 1. The Kier molecular flexibility index (Phi) is 4.46. The quantitative estimate of drug-likeness (QED) is 0.755. The van der Waals surface area contributed by atoms with Crippen LogP contribution in [-0.4, -0.2) is 27.0 Å². The van der Waals surface area contributed by atoms with Crippen molar-refractivity contribution >= 4 is 16.9 Å². The number of hydrogen-bond donors (Lipinski definition) is 2. The van der Waals surface area contributed by atoms with E-state index >= 15 is 0 Å². The van der Waals surface area contributed by atoms with E-state index in [1.165, 1.54) is 4.57 Å². The van der Waals surface area contributed by atoms with Gasteiger partial charge < -0.3 is 10.3 Å². The molecule has 0 atom stereocenters. The Morgan fingerprint density at radius 3 is 2.75 bits per heavy atom. The smallest absolute Gasteiger partial charge is 0.263 e. The van der Waals surface area contributed by atoms with E-state index in [9.17, 15) is 9.59 Å². The summed E-state index contributed by atoms with van der Waals surface area (Å²) < 4.78 is 1.44. The summed E-state index contributed by atoms with van der Waals surface area (Å²) in [5, 5.41) is 3.30. The third kappa shape index (κ3) is 3.08. The highest BCUT2D eigenvalue weighted by Crippen LogP contribution is 2.18. The predicted octanol–water partition coefficient (Wildman–Crippen LogP) is 2.23. The maximum Gasteiger partial charge on any atom is 0.263 e. The largest absolute Gasteiger partial charge is 0.355 e. The first-order valence-corrected chi connectivity index (χ1v) is 8.02. The minimum Gasteiger partial charge on any atom is -0.355 e. The van der Waals surface area contributed by atoms with Gasteiger partial charge in [-0.1, -0.05) is 37.3 Å². The average Bonchev–Trinajstić information content (AvgIpc) is 2.97. The molecule has 0 aliphatic rings. The van der Waals surface area contributed by atoms with Gasteiger partial charge in [-0.15, -0.1) is 0 Å². The third-order valence-electron chi connectivity index (χ3n) is 3.79. The summed E-state index contributed by atoms with van der Waals surface area (Å²) in [5.41, 5.74) is 1.99. The van der Waals surface area contributed by atoms with Crippen molar-refractivity contribution < 1.29 is 4.79 Å². The molecule has 0 saturated heterocycles. The predicted molar refractivity (Wildman–Crippen MR) is 93.8 cm³/mol. The highest BCUT2D eigenvalue weighted by molar-refractivity contribution is 5.80. The van der Waals surface area contributed by atoms with E-state index in [0.717, 1.165) is 17.7 Å². The van der Waals surface area contributed by atoms with E-state index < -0.39 is 0 Å². The fourth-order valence-electron chi connectivity index (χ4n) is 2.65. The molecule has 1 aromatic carbocycles. The molecule has 1 amide bonds. The van der Waals surface area contributed by atoms with Gasteiger partial charge in [0.2, 0.25) is 5.91 Å². The summed E-state index contributed by atoms with van der Waals surface area (Å²) in [5.74, 6) is 0.297. The second-order valence-corrected chi connectivity index (χ2v) is 5.76. The van der Waals surface area contributed by atoms with Crippen LogP contribution < -0.4 is 10.9 Å². The van der Waals surface area contributed by atoms with Crippen LogP contribution in [0.4, 0.5) is 0 Å². The number of nitrogens with one attached hydrogen (secondary N) is 2. The van der Waals surface area contributed by atoms with Gasteiger partial charge in [-0.25, -0.2) is 4.98 Å². The molecule has 124 valence electrons. The van der Waals surface area contributed by atoms with Crippen LogP contribution in [0.5, 0.6) is 0 Å². The maximum absolute atomic E-state index is 12.9. The van der Waals surface area contributed by atoms with E-state index in [1.54, 1.807) is 6.07 Å². The highest BCUT2D eigenvalue weighted by Gasteiger charge is 2.16. The SMILES string of the molecule is CCCNC(=O)Cn1c(-c2ccccc2)nc2[nH]c(C)cc2c1=O. The van der Waals surface area contributed by atoms with E-state index in [1.807, 2.05) is 44.2 Å². The van der Waals surface area contributed by atoms with Crippen molar-refractivity contribution in [2.24, 2.45) is 0 Å². The van der Waals surface area contributed by atoms with Crippen LogP contribution in [0, 0.1) is 6.92 Å². The summed E-state index contributed by atoms with van der Waals surface area (Å²) in [6, 6.07) is 11.2. The van der Waals surface area contributed by atoms with Crippen LogP contribution in [0.2, 0.25) is 0 Å². The van der Waals surface area contributed by atoms with Gasteiger partial charge in [-0.3, -0.25) is 14.2 Å². The Morgan fingerprint density at radius 1 is 1.29 bits per heavy atom. The molecule has 2 N–H and O–H groups in total. The van der Waals surface area contributed by atoms with Gasteiger partial charge in [0, 0.05) is 17.8 Å². The molecule has 6 nitrogen and oxygen atoms in total. The minimum atomic E-state index is -0.213. The fourth-order valence-corrected chi connectivity index (χ4v) is 2.65. The lowest BCUT2D eigenvalue weighted by Gasteiger charge is -2.12. The van der Waals surface area contributed by atoms with Gasteiger partial charge in [-0.2, -0.15) is 0 Å². The van der Waals surface area contributed by atoms with Gasteiger partial charge >= 0.3 is 0 Å². The molecule has 0 radical (unpaired) electrons. The topological polar surface area (TPSA) is 79.8 Å². The van der Waals surface area contributed by atoms with Crippen LogP contribution in [0.1, 0.15) is 19.0 Å². The molecule has 2 heterocycles. The molecule has 2 aromatic heterocycles. The first-order valence-electron chi connectivity index (χ1n) is 8.02. The zero-order valence-electron chi connectivity index (χ0n) is 13.8. The minimum absolute atomic E-state index is 0.0454. The summed E-state index contributed by atoms with van der Waals surface area (Å²) in [4.78, 5) is 32.7. The van der Waals surface area contributed by atoms with Crippen molar-refractivity contribution in [1.82, 2.24) is 19.9 Å². The van der Waals surface area contributed by atoms with Gasteiger partial charge in [0.15, 0.2) is 0 Å². The number of nitrogens with zero attached hydrogens (tertiary/aromatic N) is 2. The highest BCUT2D eigenvalue weighted by atomic mass is 16.2. The van der Waals surface area contributed by atoms with Crippen molar-refractivity contribution in [3.05, 3.63) is 52.4 Å². The molecule has 3 aromatic rings. The standard InChI is InChI=1S/C18H20N4O2/c1-3-9-19-15(23)11-22-17(13-7-5-4-6-8-13)21-16-14(18(22)24)10-12(2)20-16/h4-8,10,20H,3,9,11H2,1-2H3,(H,19,23). The summed E-state index contributed by atoms with van der Waals surface area (Å²) in [6.07, 6.45) is 0.848. The normalized spacial score (nSPS) is 10.9. The molecule has 0 unspecified atom stereocenters. The number of aromatic nitrogens is 3. The average molecular weight is 324 g/mol. The lowest BCUT2D eigenvalue weighted by atomic mass is 10.2. The number of hydrogen-bond acceptors (Lipinski definition) is 3. The second-order valence-electron chi connectivity index (χ2n) is 5.76. The molecule has 0 bridgehead atoms. The monoisotopic (exact) mass is 324 g/mol. The fraction of sp³-hybridized carbons (Fsp3) is 0.278. The third-order valence-corrected chi connectivity index (χ3v) is 3.79. The number of rotatable bonds is 5. The number of carbonyl (C=O) groups is 1. The molecular weight excluding hydrogens is 304 g/mol. The van der Waals surface area contributed by atoms with Gasteiger partial charge in [0.25, 0.3) is 5.56 Å². The van der Waals surface area contributed by atoms with Crippen molar-refractivity contribution in [3.63, 3.8) is 0 Å². The number of H-pyrrole nitrogens is 1. The van der Waals surface area contributed by atoms with Gasteiger partial charge in [-0.05, 0) is 19.4 Å². The molecule has 0 fully saturated rings. The Bertz CT molecular complexity index is 925. The Labute approximate surface area is 139 Å². The maximum atomic E-state index is 12.9. The molecule has 0 saturated carbocycles. The molecule has 24 heavy (non-hydrogen) atoms. The van der Waals surface area contributed by atoms with Crippen molar-refractivity contribution in [2.45, 2.75) is 26.8 Å². The van der Waals surface area contributed by atoms with Gasteiger partial charge in [0.1, 0.15) is 18.0 Å². The molecular formula is C18H20N4O2. The molecule has 6 heteroatoms. The van der Waals surface area contributed by atoms with E-state index in [-0.39, 0.29) is 18.0 Å². The van der Waals surface area contributed by atoms with Crippen molar-refractivity contribution in [2.75, 3.05) is 6.54 Å². The van der Waals surface area contributed by atoms with E-state index in [0.29, 0.717) is 23.4 Å². The molecule has 0 aliphatic heterocycles. The molecule has 0 aliphatic carbocycles. The Balaban J connectivity index is 2.15. The van der Waals surface area contributed by atoms with Gasteiger partial charge in [0.05, 0.1) is 5.39 Å². The number of fused-ring (bicyclic) bond motifs is 1. The first-order chi connectivity index (χ1) is 11.6. The lowest BCUT2D eigenvalue weighted by molar-refractivity contribution is -0.121. The molecule has 0 spiro atoms. The number of aryl methyl sites for hydroxylation is 1. The first kappa shape index (κ1) is 16.0. The van der Waals surface area contributed by atoms with Crippen molar-refractivity contribution in [3.8, 4) is 11.4 Å². The van der Waals surface area contributed by atoms with E-state index in [2.05, 4.69) is 15.3 Å². The second kappa shape index (κ2) is 6.70. The summed E-state index contributed by atoms with van der Waals surface area (Å²) in [6.45, 7) is 4.41. The Hall–Kier alpha value is -2.89. The lowest BCUT2D eigenvalue weighted by Crippen LogP contribution is -2.34. The summed E-state index contributed by atoms with van der Waals surface area (Å²) >= 11 is 0. The van der Waals surface area contributed by atoms with Crippen LogP contribution in [0.15, 0.2) is 41.2 Å². The van der Waals surface area contributed by atoms with Crippen LogP contribution in [0.25, 0.3) is 22.4 Å². The van der Waals surface area contributed by atoms with Crippen LogP contribution in [-0.2, 0) is 11.3 Å². The zero-order chi connectivity index (χ0) is 17.1. The van der Waals surface area contributed by atoms with E-state index in [4.69, 9.17) is 0 Å². The number of benzene rings is 1. The number of aromatic amines is 1.